The summed E-state index contributed by atoms with van der Waals surface area (Å²) in [4.78, 5) is 29.6. The highest BCUT2D eigenvalue weighted by atomic mass is 32.1. The topological polar surface area (TPSA) is 88.9 Å². The van der Waals surface area contributed by atoms with E-state index in [1.807, 2.05) is 60.7 Å². The lowest BCUT2D eigenvalue weighted by atomic mass is 10.1. The smallest absolute Gasteiger partial charge is 0.259 e. The number of benzene rings is 3. The zero-order valence-electron chi connectivity index (χ0n) is 17.9. The van der Waals surface area contributed by atoms with Crippen molar-refractivity contribution in [1.82, 2.24) is 14.8 Å². The molecule has 2 amide bonds. The summed E-state index contributed by atoms with van der Waals surface area (Å²) in [5, 5.41) is 12.7. The molecule has 0 spiro atoms. The van der Waals surface area contributed by atoms with Crippen molar-refractivity contribution >= 4 is 34.0 Å². The van der Waals surface area contributed by atoms with Crippen LogP contribution in [0.5, 0.6) is 0 Å². The van der Waals surface area contributed by atoms with Crippen molar-refractivity contribution in [2.24, 2.45) is 0 Å². The molecule has 0 aliphatic carbocycles. The van der Waals surface area contributed by atoms with E-state index < -0.39 is 0 Å². The predicted molar refractivity (Wildman–Crippen MR) is 133 cm³/mol. The number of amides is 2. The number of para-hydroxylation sites is 1. The number of nitrogens with zero attached hydrogens (tertiary/aromatic N) is 3. The van der Waals surface area contributed by atoms with Crippen LogP contribution in [-0.4, -0.2) is 26.6 Å². The Balaban J connectivity index is 1.39. The quantitative estimate of drug-likeness (QED) is 0.347. The zero-order valence-corrected chi connectivity index (χ0v) is 18.7. The molecule has 0 saturated heterocycles. The van der Waals surface area contributed by atoms with E-state index in [0.29, 0.717) is 27.6 Å². The largest absolute Gasteiger partial charge is 0.322 e. The third-order valence-electron chi connectivity index (χ3n) is 5.08. The van der Waals surface area contributed by atoms with E-state index >= 15 is 0 Å². The average Bonchev–Trinajstić information content (AvgIpc) is 3.56. The van der Waals surface area contributed by atoms with Gasteiger partial charge in [0.1, 0.15) is 5.69 Å². The summed E-state index contributed by atoms with van der Waals surface area (Å²) in [7, 11) is 0. The number of nitrogens with one attached hydrogen (secondary N) is 2. The Morgan fingerprint density at radius 1 is 0.794 bits per heavy atom. The van der Waals surface area contributed by atoms with Gasteiger partial charge in [0.25, 0.3) is 11.8 Å². The highest BCUT2D eigenvalue weighted by Gasteiger charge is 2.19. The molecule has 0 unspecified atom stereocenters. The molecule has 2 N–H and O–H groups in total. The number of anilines is 2. The van der Waals surface area contributed by atoms with Crippen LogP contribution in [0.25, 0.3) is 16.9 Å². The van der Waals surface area contributed by atoms with Crippen molar-refractivity contribution in [3.8, 4) is 16.9 Å². The fourth-order valence-corrected chi connectivity index (χ4v) is 3.94. The number of rotatable bonds is 6. The average molecular weight is 466 g/mol. The van der Waals surface area contributed by atoms with E-state index in [4.69, 9.17) is 0 Å². The van der Waals surface area contributed by atoms with Crippen molar-refractivity contribution < 1.29 is 9.59 Å². The molecule has 7 nitrogen and oxygen atoms in total. The van der Waals surface area contributed by atoms with Crippen molar-refractivity contribution in [2.75, 3.05) is 10.6 Å². The molecule has 0 fully saturated rings. The Bertz CT molecular complexity index is 1410. The molecule has 0 radical (unpaired) electrons. The third kappa shape index (κ3) is 4.62. The lowest BCUT2D eigenvalue weighted by Crippen LogP contribution is -2.14. The number of carbonyl (C=O) groups is 2. The molecule has 2 heterocycles. The summed E-state index contributed by atoms with van der Waals surface area (Å²) < 4.78 is 1.70. The Kier molecular flexibility index (Phi) is 5.96. The van der Waals surface area contributed by atoms with Crippen molar-refractivity contribution in [3.63, 3.8) is 0 Å². The van der Waals surface area contributed by atoms with E-state index in [1.165, 1.54) is 11.3 Å². The first kappa shape index (κ1) is 21.3. The van der Waals surface area contributed by atoms with Gasteiger partial charge in [0.2, 0.25) is 0 Å². The van der Waals surface area contributed by atoms with Gasteiger partial charge in [-0.15, -0.1) is 11.3 Å². The van der Waals surface area contributed by atoms with Gasteiger partial charge in [0, 0.05) is 34.6 Å². The fourth-order valence-electron chi connectivity index (χ4n) is 3.42. The third-order valence-corrected chi connectivity index (χ3v) is 5.77. The Morgan fingerprint density at radius 2 is 1.50 bits per heavy atom. The summed E-state index contributed by atoms with van der Waals surface area (Å²) in [6.45, 7) is 0. The van der Waals surface area contributed by atoms with E-state index in [0.717, 1.165) is 11.3 Å². The van der Waals surface area contributed by atoms with Crippen LogP contribution in [0.3, 0.4) is 0 Å². The van der Waals surface area contributed by atoms with Crippen molar-refractivity contribution in [3.05, 3.63) is 114 Å². The first-order valence-corrected chi connectivity index (χ1v) is 11.4. The summed E-state index contributed by atoms with van der Waals surface area (Å²) in [5.74, 6) is -0.552. The summed E-state index contributed by atoms with van der Waals surface area (Å²) in [5.41, 5.74) is 3.77. The molecule has 8 heteroatoms. The van der Waals surface area contributed by atoms with Gasteiger partial charge in [-0.3, -0.25) is 14.9 Å². The lowest BCUT2D eigenvalue weighted by Gasteiger charge is -2.07. The van der Waals surface area contributed by atoms with Gasteiger partial charge < -0.3 is 5.32 Å². The van der Waals surface area contributed by atoms with Gasteiger partial charge in [-0.05, 0) is 36.4 Å². The highest BCUT2D eigenvalue weighted by molar-refractivity contribution is 7.13. The standard InChI is InChI=1S/C26H19N5O2S/c32-24(29-26-27-15-16-34-26)19-11-13-20(14-12-19)28-25(33)22-17-31(21-9-5-2-6-10-21)30-23(22)18-7-3-1-4-8-18/h1-17H,(H,28,33)(H,27,29,32). The normalized spacial score (nSPS) is 10.6. The number of hydrogen-bond donors (Lipinski definition) is 2. The molecule has 0 aliphatic rings. The first-order valence-electron chi connectivity index (χ1n) is 10.5. The van der Waals surface area contributed by atoms with Gasteiger partial charge in [0.05, 0.1) is 11.3 Å². The van der Waals surface area contributed by atoms with Crippen molar-refractivity contribution in [1.29, 1.82) is 0 Å². The molecular weight excluding hydrogens is 446 g/mol. The van der Waals surface area contributed by atoms with Crippen LogP contribution >= 0.6 is 11.3 Å². The van der Waals surface area contributed by atoms with E-state index in [2.05, 4.69) is 20.7 Å². The molecule has 3 aromatic carbocycles. The second-order valence-corrected chi connectivity index (χ2v) is 8.25. The maximum Gasteiger partial charge on any atom is 0.259 e. The van der Waals surface area contributed by atoms with Gasteiger partial charge in [-0.1, -0.05) is 48.5 Å². The zero-order chi connectivity index (χ0) is 23.3. The van der Waals surface area contributed by atoms with Crippen LogP contribution in [0.4, 0.5) is 10.8 Å². The second kappa shape index (κ2) is 9.51. The van der Waals surface area contributed by atoms with Gasteiger partial charge in [-0.2, -0.15) is 5.10 Å². The first-order chi connectivity index (χ1) is 16.7. The van der Waals surface area contributed by atoms with E-state index in [-0.39, 0.29) is 11.8 Å². The molecule has 34 heavy (non-hydrogen) atoms. The van der Waals surface area contributed by atoms with E-state index in [1.54, 1.807) is 46.7 Å². The molecule has 2 aromatic heterocycles. The van der Waals surface area contributed by atoms with Crippen LogP contribution < -0.4 is 10.6 Å². The molecule has 0 aliphatic heterocycles. The number of carbonyl (C=O) groups excluding carboxylic acids is 2. The minimum Gasteiger partial charge on any atom is -0.322 e. The Labute approximate surface area is 199 Å². The summed E-state index contributed by atoms with van der Waals surface area (Å²) in [6, 6.07) is 25.9. The van der Waals surface area contributed by atoms with Gasteiger partial charge >= 0.3 is 0 Å². The SMILES string of the molecule is O=C(Nc1nccs1)c1ccc(NC(=O)c2cn(-c3ccccc3)nc2-c2ccccc2)cc1. The number of thiazole rings is 1. The second-order valence-electron chi connectivity index (χ2n) is 7.36. The monoisotopic (exact) mass is 465 g/mol. The van der Waals surface area contributed by atoms with Crippen LogP contribution in [0.1, 0.15) is 20.7 Å². The molecular formula is C26H19N5O2S. The lowest BCUT2D eigenvalue weighted by molar-refractivity contribution is 0.102. The Hall–Kier alpha value is -4.56. The maximum absolute atomic E-state index is 13.2. The van der Waals surface area contributed by atoms with Crippen LogP contribution in [0, 0.1) is 0 Å². The van der Waals surface area contributed by atoms with Crippen LogP contribution in [0.2, 0.25) is 0 Å². The molecule has 0 saturated carbocycles. The molecule has 5 aromatic rings. The number of aromatic nitrogens is 3. The Morgan fingerprint density at radius 3 is 2.18 bits per heavy atom. The van der Waals surface area contributed by atoms with E-state index in [9.17, 15) is 9.59 Å². The minimum absolute atomic E-state index is 0.261. The molecule has 166 valence electrons. The van der Waals surface area contributed by atoms with Crippen LogP contribution in [-0.2, 0) is 0 Å². The highest BCUT2D eigenvalue weighted by Crippen LogP contribution is 2.25. The number of hydrogen-bond acceptors (Lipinski definition) is 5. The molecule has 5 rings (SSSR count). The molecule has 0 atom stereocenters. The van der Waals surface area contributed by atoms with Gasteiger partial charge in [0.15, 0.2) is 5.13 Å². The summed E-state index contributed by atoms with van der Waals surface area (Å²) in [6.07, 6.45) is 3.35. The van der Waals surface area contributed by atoms with Crippen molar-refractivity contribution in [2.45, 2.75) is 0 Å². The fraction of sp³-hybridized carbons (Fsp3) is 0. The summed E-state index contributed by atoms with van der Waals surface area (Å²) >= 11 is 1.35. The maximum atomic E-state index is 13.2. The molecule has 0 bridgehead atoms. The predicted octanol–water partition coefficient (Wildman–Crippen LogP) is 5.50. The van der Waals surface area contributed by atoms with Crippen LogP contribution in [0.15, 0.2) is 103 Å². The minimum atomic E-state index is -0.291. The van der Waals surface area contributed by atoms with Gasteiger partial charge in [-0.25, -0.2) is 9.67 Å².